The average Bonchev–Trinajstić information content (AvgIpc) is 3.34. The normalized spacial score (nSPS) is 10.2. The number of carbonyl (C=O) groups is 3. The zero-order valence-corrected chi connectivity index (χ0v) is 18.9. The van der Waals surface area contributed by atoms with E-state index in [4.69, 9.17) is 30.5 Å². The van der Waals surface area contributed by atoms with Gasteiger partial charge in [-0.25, -0.2) is 4.79 Å². The van der Waals surface area contributed by atoms with E-state index >= 15 is 0 Å². The lowest BCUT2D eigenvalue weighted by Gasteiger charge is -2.13. The highest BCUT2D eigenvalue weighted by atomic mass is 35.5. The van der Waals surface area contributed by atoms with Crippen LogP contribution in [0.15, 0.2) is 53.3 Å². The predicted octanol–water partition coefficient (Wildman–Crippen LogP) is 3.16. The Morgan fingerprint density at radius 2 is 1.65 bits per heavy atom. The van der Waals surface area contributed by atoms with Crippen LogP contribution < -0.4 is 24.8 Å². The van der Waals surface area contributed by atoms with Crippen molar-refractivity contribution in [2.24, 2.45) is 0 Å². The molecule has 0 bridgehead atoms. The Bertz CT molecular complexity index is 1170. The van der Waals surface area contributed by atoms with Gasteiger partial charge in [0.1, 0.15) is 12.0 Å². The number of esters is 1. The second kappa shape index (κ2) is 11.6. The molecule has 1 aromatic heterocycles. The smallest absolute Gasteiger partial charge is 0.338 e. The van der Waals surface area contributed by atoms with E-state index in [1.807, 2.05) is 0 Å². The lowest BCUT2D eigenvalue weighted by Crippen LogP contribution is -2.21. The van der Waals surface area contributed by atoms with Crippen LogP contribution in [0, 0.1) is 0 Å². The fourth-order valence-corrected chi connectivity index (χ4v) is 2.86. The highest BCUT2D eigenvalue weighted by molar-refractivity contribution is 6.31. The van der Waals surface area contributed by atoms with Crippen LogP contribution in [0.2, 0.25) is 5.02 Å². The molecular weight excluding hydrogens is 470 g/mol. The summed E-state index contributed by atoms with van der Waals surface area (Å²) in [6.07, 6.45) is 1.29. The summed E-state index contributed by atoms with van der Waals surface area (Å²) in [6.45, 7) is -0.878. The van der Waals surface area contributed by atoms with Gasteiger partial charge in [0.25, 0.3) is 11.8 Å². The summed E-state index contributed by atoms with van der Waals surface area (Å²) in [7, 11) is 2.84. The van der Waals surface area contributed by atoms with Gasteiger partial charge in [0.2, 0.25) is 0 Å². The summed E-state index contributed by atoms with van der Waals surface area (Å²) in [5, 5.41) is 8.99. The van der Waals surface area contributed by atoms with Gasteiger partial charge in [0.15, 0.2) is 30.5 Å². The molecule has 0 aliphatic carbocycles. The number of ether oxygens (including phenoxy) is 4. The molecule has 0 unspecified atom stereocenters. The zero-order valence-electron chi connectivity index (χ0n) is 18.1. The number of rotatable bonds is 10. The van der Waals surface area contributed by atoms with Gasteiger partial charge in [-0.3, -0.25) is 9.59 Å². The molecule has 0 spiro atoms. The van der Waals surface area contributed by atoms with Crippen LogP contribution in [-0.2, 0) is 14.3 Å². The third kappa shape index (κ3) is 6.62. The SMILES string of the molecule is COc1ccc(Cl)cc1NC(=O)COc1ccc(C(=O)OCC(=O)Nc2ccon2)cc1OC. The third-order valence-corrected chi connectivity index (χ3v) is 4.47. The maximum absolute atomic E-state index is 12.3. The van der Waals surface area contributed by atoms with Crippen molar-refractivity contribution in [3.63, 3.8) is 0 Å². The van der Waals surface area contributed by atoms with Crippen molar-refractivity contribution < 1.29 is 37.9 Å². The summed E-state index contributed by atoms with van der Waals surface area (Å²) in [4.78, 5) is 36.4. The van der Waals surface area contributed by atoms with Crippen LogP contribution in [0.4, 0.5) is 11.5 Å². The number of hydrogen-bond donors (Lipinski definition) is 2. The Balaban J connectivity index is 1.56. The van der Waals surface area contributed by atoms with Crippen molar-refractivity contribution in [1.82, 2.24) is 5.16 Å². The second-order valence-corrected chi connectivity index (χ2v) is 6.99. The van der Waals surface area contributed by atoms with Crippen LogP contribution in [0.25, 0.3) is 0 Å². The number of carbonyl (C=O) groups excluding carboxylic acids is 3. The first-order chi connectivity index (χ1) is 16.4. The minimum Gasteiger partial charge on any atom is -0.495 e. The Hall–Kier alpha value is -4.25. The van der Waals surface area contributed by atoms with Crippen molar-refractivity contribution >= 4 is 40.9 Å². The molecule has 12 heteroatoms. The second-order valence-electron chi connectivity index (χ2n) is 6.56. The van der Waals surface area contributed by atoms with Gasteiger partial charge >= 0.3 is 5.97 Å². The van der Waals surface area contributed by atoms with E-state index in [0.29, 0.717) is 16.5 Å². The van der Waals surface area contributed by atoms with Crippen LogP contribution >= 0.6 is 11.6 Å². The number of aromatic nitrogens is 1. The van der Waals surface area contributed by atoms with Crippen LogP contribution in [0.5, 0.6) is 17.2 Å². The van der Waals surface area contributed by atoms with E-state index in [-0.39, 0.29) is 29.5 Å². The van der Waals surface area contributed by atoms with Crippen molar-refractivity contribution in [2.45, 2.75) is 0 Å². The molecule has 178 valence electrons. The molecule has 0 aliphatic rings. The number of methoxy groups -OCH3 is 2. The zero-order chi connectivity index (χ0) is 24.5. The number of hydrogen-bond acceptors (Lipinski definition) is 9. The minimum atomic E-state index is -0.758. The number of halogens is 1. The van der Waals surface area contributed by atoms with Gasteiger partial charge in [-0.05, 0) is 36.4 Å². The molecule has 2 amide bonds. The van der Waals surface area contributed by atoms with Gasteiger partial charge in [0.05, 0.1) is 25.5 Å². The summed E-state index contributed by atoms with van der Waals surface area (Å²) in [5.41, 5.74) is 0.507. The Labute approximate surface area is 198 Å². The van der Waals surface area contributed by atoms with E-state index in [2.05, 4.69) is 20.3 Å². The van der Waals surface area contributed by atoms with Crippen molar-refractivity contribution in [3.05, 3.63) is 59.3 Å². The van der Waals surface area contributed by atoms with Crippen LogP contribution in [-0.4, -0.2) is 50.4 Å². The van der Waals surface area contributed by atoms with E-state index < -0.39 is 24.4 Å². The third-order valence-electron chi connectivity index (χ3n) is 4.23. The summed E-state index contributed by atoms with van der Waals surface area (Å²) in [5.74, 6) is -0.771. The fourth-order valence-electron chi connectivity index (χ4n) is 2.69. The number of nitrogens with zero attached hydrogens (tertiary/aromatic N) is 1. The van der Waals surface area contributed by atoms with E-state index in [9.17, 15) is 14.4 Å². The highest BCUT2D eigenvalue weighted by Crippen LogP contribution is 2.29. The maximum atomic E-state index is 12.3. The quantitative estimate of drug-likeness (QED) is 0.411. The van der Waals surface area contributed by atoms with Crippen molar-refractivity contribution in [1.29, 1.82) is 0 Å². The molecule has 3 aromatic rings. The monoisotopic (exact) mass is 489 g/mol. The summed E-state index contributed by atoms with van der Waals surface area (Å²) < 4.78 is 25.5. The highest BCUT2D eigenvalue weighted by Gasteiger charge is 2.16. The Morgan fingerprint density at radius 3 is 2.35 bits per heavy atom. The van der Waals surface area contributed by atoms with Crippen molar-refractivity contribution in [2.75, 3.05) is 38.1 Å². The standard InChI is InChI=1S/C22H20ClN3O8/c1-30-16-6-4-14(23)10-15(16)24-20(27)11-32-17-5-3-13(9-18(17)31-2)22(29)33-12-21(28)25-19-7-8-34-26-19/h3-10H,11-12H2,1-2H3,(H,24,27)(H,25,26,28). The number of amides is 2. The fraction of sp³-hybridized carbons (Fsp3) is 0.182. The molecule has 1 heterocycles. The van der Waals surface area contributed by atoms with E-state index in [1.165, 1.54) is 44.7 Å². The number of anilines is 2. The number of benzene rings is 2. The largest absolute Gasteiger partial charge is 0.495 e. The van der Waals surface area contributed by atoms with E-state index in [1.54, 1.807) is 18.2 Å². The lowest BCUT2D eigenvalue weighted by atomic mass is 10.2. The minimum absolute atomic E-state index is 0.117. The molecule has 34 heavy (non-hydrogen) atoms. The first-order valence-electron chi connectivity index (χ1n) is 9.71. The first kappa shape index (κ1) is 24.4. The lowest BCUT2D eigenvalue weighted by molar-refractivity contribution is -0.119. The summed E-state index contributed by atoms with van der Waals surface area (Å²) >= 11 is 5.96. The number of nitrogens with one attached hydrogen (secondary N) is 2. The Kier molecular flexibility index (Phi) is 8.30. The van der Waals surface area contributed by atoms with Gasteiger partial charge in [-0.15, -0.1) is 0 Å². The predicted molar refractivity (Wildman–Crippen MR) is 121 cm³/mol. The molecule has 0 fully saturated rings. The molecule has 2 N–H and O–H groups in total. The van der Waals surface area contributed by atoms with Crippen LogP contribution in [0.1, 0.15) is 10.4 Å². The average molecular weight is 490 g/mol. The molecule has 0 radical (unpaired) electrons. The first-order valence-corrected chi connectivity index (χ1v) is 10.1. The maximum Gasteiger partial charge on any atom is 0.338 e. The van der Waals surface area contributed by atoms with Crippen LogP contribution in [0.3, 0.4) is 0 Å². The topological polar surface area (TPSA) is 138 Å². The van der Waals surface area contributed by atoms with E-state index in [0.717, 1.165) is 0 Å². The molecule has 0 saturated heterocycles. The molecule has 11 nitrogen and oxygen atoms in total. The molecule has 0 atom stereocenters. The Morgan fingerprint density at radius 1 is 0.912 bits per heavy atom. The molecule has 0 saturated carbocycles. The van der Waals surface area contributed by atoms with Crippen molar-refractivity contribution in [3.8, 4) is 17.2 Å². The molecule has 2 aromatic carbocycles. The van der Waals surface area contributed by atoms with Gasteiger partial charge in [-0.1, -0.05) is 16.8 Å². The van der Waals surface area contributed by atoms with Gasteiger partial charge < -0.3 is 34.1 Å². The summed E-state index contributed by atoms with van der Waals surface area (Å²) in [6, 6.07) is 10.5. The van der Waals surface area contributed by atoms with Gasteiger partial charge in [0, 0.05) is 11.1 Å². The van der Waals surface area contributed by atoms with Gasteiger partial charge in [-0.2, -0.15) is 0 Å². The molecule has 0 aliphatic heterocycles. The molecule has 3 rings (SSSR count). The molecular formula is C22H20ClN3O8.